The van der Waals surface area contributed by atoms with Gasteiger partial charge in [0, 0.05) is 23.9 Å². The van der Waals surface area contributed by atoms with Gasteiger partial charge >= 0.3 is 0 Å². The van der Waals surface area contributed by atoms with Gasteiger partial charge in [0.15, 0.2) is 0 Å². The monoisotopic (exact) mass is 344 g/mol. The van der Waals surface area contributed by atoms with Crippen molar-refractivity contribution < 1.29 is 9.59 Å². The fraction of sp³-hybridized carbons (Fsp3) is 0.368. The van der Waals surface area contributed by atoms with E-state index in [1.807, 2.05) is 35.7 Å². The van der Waals surface area contributed by atoms with Crippen molar-refractivity contribution in [1.82, 2.24) is 10.6 Å². The highest BCUT2D eigenvalue weighted by Crippen LogP contribution is 2.21. The Labute approximate surface area is 147 Å². The van der Waals surface area contributed by atoms with Gasteiger partial charge in [0.2, 0.25) is 5.91 Å². The van der Waals surface area contributed by atoms with E-state index in [-0.39, 0.29) is 24.3 Å². The van der Waals surface area contributed by atoms with Crippen LogP contribution in [-0.4, -0.2) is 18.4 Å². The van der Waals surface area contributed by atoms with Gasteiger partial charge in [-0.05, 0) is 29.3 Å². The standard InChI is InChI=1S/C19H24N2O2S/c1-14(2)12-17(15-6-4-3-5-7-15)21-18(22)8-10-20-19(23)16-9-11-24-13-16/h3-7,9,11,13-14,17H,8,10,12H2,1-2H3,(H,20,23)(H,21,22). The summed E-state index contributed by atoms with van der Waals surface area (Å²) in [5.74, 6) is 0.301. The van der Waals surface area contributed by atoms with Crippen molar-refractivity contribution in [2.75, 3.05) is 6.54 Å². The van der Waals surface area contributed by atoms with Gasteiger partial charge in [0.25, 0.3) is 5.91 Å². The van der Waals surface area contributed by atoms with Crippen molar-refractivity contribution in [3.63, 3.8) is 0 Å². The first-order chi connectivity index (χ1) is 11.6. The molecule has 0 aliphatic heterocycles. The highest BCUT2D eigenvalue weighted by molar-refractivity contribution is 7.08. The molecule has 2 rings (SSSR count). The third kappa shape index (κ3) is 5.81. The molecule has 1 atom stereocenters. The normalized spacial score (nSPS) is 12.0. The molecule has 0 bridgehead atoms. The van der Waals surface area contributed by atoms with Crippen molar-refractivity contribution in [3.05, 3.63) is 58.3 Å². The third-order valence-corrected chi connectivity index (χ3v) is 4.35. The first kappa shape index (κ1) is 18.2. The van der Waals surface area contributed by atoms with E-state index < -0.39 is 0 Å². The summed E-state index contributed by atoms with van der Waals surface area (Å²) < 4.78 is 0. The lowest BCUT2D eigenvalue weighted by atomic mass is 9.97. The minimum absolute atomic E-state index is 0.00581. The number of rotatable bonds is 8. The van der Waals surface area contributed by atoms with Gasteiger partial charge in [0.1, 0.15) is 0 Å². The predicted octanol–water partition coefficient (Wildman–Crippen LogP) is 3.77. The van der Waals surface area contributed by atoms with Gasteiger partial charge in [-0.15, -0.1) is 0 Å². The Morgan fingerprint density at radius 2 is 1.88 bits per heavy atom. The summed E-state index contributed by atoms with van der Waals surface area (Å²) in [7, 11) is 0. The zero-order chi connectivity index (χ0) is 17.4. The zero-order valence-electron chi connectivity index (χ0n) is 14.1. The highest BCUT2D eigenvalue weighted by atomic mass is 32.1. The molecule has 2 N–H and O–H groups in total. The smallest absolute Gasteiger partial charge is 0.252 e. The number of benzene rings is 1. The second-order valence-electron chi connectivity index (χ2n) is 6.18. The first-order valence-electron chi connectivity index (χ1n) is 8.21. The van der Waals surface area contributed by atoms with E-state index in [0.29, 0.717) is 18.0 Å². The first-order valence-corrected chi connectivity index (χ1v) is 9.15. The van der Waals surface area contributed by atoms with Crippen molar-refractivity contribution in [1.29, 1.82) is 0 Å². The summed E-state index contributed by atoms with van der Waals surface area (Å²) in [5.41, 5.74) is 1.75. The molecule has 4 nitrogen and oxygen atoms in total. The highest BCUT2D eigenvalue weighted by Gasteiger charge is 2.16. The topological polar surface area (TPSA) is 58.2 Å². The minimum atomic E-state index is -0.133. The molecule has 0 aliphatic carbocycles. The van der Waals surface area contributed by atoms with E-state index in [2.05, 4.69) is 24.5 Å². The fourth-order valence-corrected chi connectivity index (χ4v) is 3.12. The summed E-state index contributed by atoms with van der Waals surface area (Å²) in [6.45, 7) is 4.62. The van der Waals surface area contributed by atoms with Crippen molar-refractivity contribution in [3.8, 4) is 0 Å². The zero-order valence-corrected chi connectivity index (χ0v) is 14.9. The van der Waals surface area contributed by atoms with Gasteiger partial charge in [-0.2, -0.15) is 11.3 Å². The van der Waals surface area contributed by atoms with Crippen molar-refractivity contribution in [2.24, 2.45) is 5.92 Å². The van der Waals surface area contributed by atoms with Crippen LogP contribution in [0, 0.1) is 5.92 Å². The van der Waals surface area contributed by atoms with E-state index in [1.54, 1.807) is 11.4 Å². The Bertz CT molecular complexity index is 639. The number of amides is 2. The molecule has 5 heteroatoms. The van der Waals surface area contributed by atoms with Crippen LogP contribution < -0.4 is 10.6 Å². The third-order valence-electron chi connectivity index (χ3n) is 3.67. The van der Waals surface area contributed by atoms with Gasteiger partial charge < -0.3 is 10.6 Å². The molecular formula is C19H24N2O2S. The predicted molar refractivity (Wildman–Crippen MR) is 98.0 cm³/mol. The Hall–Kier alpha value is -2.14. The van der Waals surface area contributed by atoms with Gasteiger partial charge in [-0.25, -0.2) is 0 Å². The van der Waals surface area contributed by atoms with Gasteiger partial charge in [0.05, 0.1) is 6.04 Å². The van der Waals surface area contributed by atoms with E-state index in [1.165, 1.54) is 11.3 Å². The largest absolute Gasteiger partial charge is 0.351 e. The number of hydrogen-bond acceptors (Lipinski definition) is 3. The summed E-state index contributed by atoms with van der Waals surface area (Å²) in [5, 5.41) is 9.52. The lowest BCUT2D eigenvalue weighted by Gasteiger charge is -2.21. The minimum Gasteiger partial charge on any atom is -0.351 e. The van der Waals surface area contributed by atoms with Crippen LogP contribution in [0.5, 0.6) is 0 Å². The SMILES string of the molecule is CC(C)CC(NC(=O)CCNC(=O)c1ccsc1)c1ccccc1. The van der Waals surface area contributed by atoms with E-state index >= 15 is 0 Å². The molecule has 0 fully saturated rings. The molecule has 24 heavy (non-hydrogen) atoms. The second kappa shape index (κ2) is 9.23. The van der Waals surface area contributed by atoms with Crippen LogP contribution in [0.15, 0.2) is 47.2 Å². The Kier molecular flexibility index (Phi) is 7.00. The number of carbonyl (C=O) groups is 2. The van der Waals surface area contributed by atoms with Gasteiger partial charge in [-0.3, -0.25) is 9.59 Å². The average Bonchev–Trinajstić information content (AvgIpc) is 3.09. The molecule has 2 amide bonds. The van der Waals surface area contributed by atoms with E-state index in [4.69, 9.17) is 0 Å². The lowest BCUT2D eigenvalue weighted by Crippen LogP contribution is -2.33. The van der Waals surface area contributed by atoms with Crippen LogP contribution in [0.25, 0.3) is 0 Å². The summed E-state index contributed by atoms with van der Waals surface area (Å²) in [4.78, 5) is 24.1. The molecule has 0 spiro atoms. The van der Waals surface area contributed by atoms with Crippen LogP contribution in [0.3, 0.4) is 0 Å². The van der Waals surface area contributed by atoms with E-state index in [0.717, 1.165) is 12.0 Å². The maximum Gasteiger partial charge on any atom is 0.252 e. The van der Waals surface area contributed by atoms with Gasteiger partial charge in [-0.1, -0.05) is 44.2 Å². The molecule has 1 heterocycles. The fourth-order valence-electron chi connectivity index (χ4n) is 2.49. The quantitative estimate of drug-likeness (QED) is 0.766. The number of hydrogen-bond donors (Lipinski definition) is 2. The average molecular weight is 344 g/mol. The molecule has 0 radical (unpaired) electrons. The Morgan fingerprint density at radius 3 is 2.50 bits per heavy atom. The van der Waals surface area contributed by atoms with Crippen molar-refractivity contribution >= 4 is 23.2 Å². The van der Waals surface area contributed by atoms with Crippen LogP contribution in [-0.2, 0) is 4.79 Å². The van der Waals surface area contributed by atoms with Crippen LogP contribution in [0.2, 0.25) is 0 Å². The number of nitrogens with one attached hydrogen (secondary N) is 2. The molecule has 0 aliphatic rings. The second-order valence-corrected chi connectivity index (χ2v) is 6.96. The Balaban J connectivity index is 1.83. The van der Waals surface area contributed by atoms with Crippen molar-refractivity contribution in [2.45, 2.75) is 32.7 Å². The van der Waals surface area contributed by atoms with E-state index in [9.17, 15) is 9.59 Å². The molecule has 1 aromatic heterocycles. The summed E-state index contributed by atoms with van der Waals surface area (Å²) in [6.07, 6.45) is 1.16. The molecular weight excluding hydrogens is 320 g/mol. The molecule has 0 saturated heterocycles. The maximum atomic E-state index is 12.2. The van der Waals surface area contributed by atoms with Crippen LogP contribution in [0.1, 0.15) is 48.7 Å². The molecule has 1 aromatic carbocycles. The number of carbonyl (C=O) groups excluding carboxylic acids is 2. The summed E-state index contributed by atoms with van der Waals surface area (Å²) in [6, 6.07) is 11.8. The van der Waals surface area contributed by atoms with Crippen LogP contribution >= 0.6 is 11.3 Å². The molecule has 2 aromatic rings. The maximum absolute atomic E-state index is 12.2. The molecule has 0 saturated carbocycles. The van der Waals surface area contributed by atoms with Crippen LogP contribution in [0.4, 0.5) is 0 Å². The summed E-state index contributed by atoms with van der Waals surface area (Å²) >= 11 is 1.48. The number of thiophene rings is 1. The lowest BCUT2D eigenvalue weighted by molar-refractivity contribution is -0.121. The molecule has 1 unspecified atom stereocenters. The molecule has 128 valence electrons. The Morgan fingerprint density at radius 1 is 1.12 bits per heavy atom.